The minimum atomic E-state index is -0.996. The van der Waals surface area contributed by atoms with E-state index in [9.17, 15) is 9.59 Å². The van der Waals surface area contributed by atoms with Crippen LogP contribution in [0.4, 0.5) is 0 Å². The zero-order valence-corrected chi connectivity index (χ0v) is 12.7. The van der Waals surface area contributed by atoms with Crippen LogP contribution in [0.25, 0.3) is 0 Å². The number of ether oxygens (including phenoxy) is 1. The molecule has 0 aliphatic rings. The Balaban J connectivity index is 2.82. The van der Waals surface area contributed by atoms with Gasteiger partial charge >= 0.3 is 11.9 Å². The smallest absolute Gasteiger partial charge is 0.307 e. The molecule has 0 atom stereocenters. The van der Waals surface area contributed by atoms with E-state index in [-0.39, 0.29) is 12.8 Å². The van der Waals surface area contributed by atoms with Crippen molar-refractivity contribution in [1.29, 1.82) is 0 Å². The molecule has 0 aromatic carbocycles. The van der Waals surface area contributed by atoms with E-state index in [1.54, 1.807) is 0 Å². The SMILES string of the molecule is CCC(CC)(OC(=O)CCC(=O)O)c1ccc(S)s1. The van der Waals surface area contributed by atoms with Gasteiger partial charge in [-0.25, -0.2) is 0 Å². The lowest BCUT2D eigenvalue weighted by atomic mass is 9.95. The quantitative estimate of drug-likeness (QED) is 0.598. The summed E-state index contributed by atoms with van der Waals surface area (Å²) in [5.74, 6) is -1.47. The normalized spacial score (nSPS) is 11.3. The van der Waals surface area contributed by atoms with Crippen LogP contribution in [0.15, 0.2) is 16.3 Å². The molecule has 1 aromatic rings. The Kier molecular flexibility index (Phi) is 5.87. The molecule has 0 radical (unpaired) electrons. The van der Waals surface area contributed by atoms with Gasteiger partial charge in [0.2, 0.25) is 0 Å². The van der Waals surface area contributed by atoms with Crippen LogP contribution in [0.5, 0.6) is 0 Å². The van der Waals surface area contributed by atoms with Crippen molar-refractivity contribution in [3.63, 3.8) is 0 Å². The van der Waals surface area contributed by atoms with Gasteiger partial charge in [-0.2, -0.15) is 0 Å². The lowest BCUT2D eigenvalue weighted by Gasteiger charge is -2.30. The van der Waals surface area contributed by atoms with E-state index >= 15 is 0 Å². The topological polar surface area (TPSA) is 63.6 Å². The molecule has 0 aliphatic heterocycles. The number of carboxylic acid groups (broad SMARTS) is 1. The molecule has 1 aromatic heterocycles. The number of thiol groups is 1. The number of carboxylic acids is 1. The third kappa shape index (κ3) is 4.24. The zero-order chi connectivity index (χ0) is 14.5. The van der Waals surface area contributed by atoms with E-state index in [1.165, 1.54) is 11.3 Å². The maximum atomic E-state index is 11.8. The Morgan fingerprint density at radius 2 is 1.95 bits per heavy atom. The number of aliphatic carboxylic acids is 1. The Labute approximate surface area is 122 Å². The van der Waals surface area contributed by atoms with Crippen molar-refractivity contribution >= 4 is 35.9 Å². The predicted molar refractivity (Wildman–Crippen MR) is 76.8 cm³/mol. The first-order valence-corrected chi connectivity index (χ1v) is 7.42. The lowest BCUT2D eigenvalue weighted by molar-refractivity contribution is -0.163. The van der Waals surface area contributed by atoms with Crippen molar-refractivity contribution in [3.05, 3.63) is 17.0 Å². The standard InChI is InChI=1S/C13H18O4S2/c1-3-13(4-2,9-5-8-12(18)19-9)17-11(16)7-6-10(14)15/h5,8,18H,3-4,6-7H2,1-2H3,(H,14,15). The van der Waals surface area contributed by atoms with Gasteiger partial charge in [0, 0.05) is 4.88 Å². The van der Waals surface area contributed by atoms with Gasteiger partial charge in [-0.05, 0) is 25.0 Å². The third-order valence-corrected chi connectivity index (χ3v) is 4.53. The molecule has 0 saturated carbocycles. The van der Waals surface area contributed by atoms with Crippen molar-refractivity contribution in [1.82, 2.24) is 0 Å². The van der Waals surface area contributed by atoms with Gasteiger partial charge in [0.1, 0.15) is 5.60 Å². The highest BCUT2D eigenvalue weighted by molar-refractivity contribution is 7.82. The van der Waals surface area contributed by atoms with Crippen LogP contribution in [-0.4, -0.2) is 17.0 Å². The van der Waals surface area contributed by atoms with E-state index in [4.69, 9.17) is 9.84 Å². The predicted octanol–water partition coefficient (Wildman–Crippen LogP) is 3.46. The van der Waals surface area contributed by atoms with Crippen LogP contribution in [0.1, 0.15) is 44.4 Å². The number of thiophene rings is 1. The summed E-state index contributed by atoms with van der Waals surface area (Å²) in [7, 11) is 0. The summed E-state index contributed by atoms with van der Waals surface area (Å²) >= 11 is 5.75. The van der Waals surface area contributed by atoms with E-state index in [0.717, 1.165) is 9.09 Å². The van der Waals surface area contributed by atoms with E-state index in [1.807, 2.05) is 26.0 Å². The minimum Gasteiger partial charge on any atom is -0.481 e. The van der Waals surface area contributed by atoms with Crippen molar-refractivity contribution in [2.24, 2.45) is 0 Å². The zero-order valence-electron chi connectivity index (χ0n) is 11.0. The largest absolute Gasteiger partial charge is 0.481 e. The first kappa shape index (κ1) is 16.0. The summed E-state index contributed by atoms with van der Waals surface area (Å²) in [6.45, 7) is 3.90. The molecule has 106 valence electrons. The molecule has 4 nitrogen and oxygen atoms in total. The number of carbonyl (C=O) groups excluding carboxylic acids is 1. The number of rotatable bonds is 7. The van der Waals surface area contributed by atoms with Crippen molar-refractivity contribution in [2.45, 2.75) is 49.3 Å². The molecule has 0 fully saturated rings. The molecule has 1 rings (SSSR count). The van der Waals surface area contributed by atoms with Gasteiger partial charge in [0.05, 0.1) is 17.1 Å². The average molecular weight is 302 g/mol. The highest BCUT2D eigenvalue weighted by Gasteiger charge is 2.34. The van der Waals surface area contributed by atoms with Crippen LogP contribution >= 0.6 is 24.0 Å². The number of esters is 1. The van der Waals surface area contributed by atoms with E-state index < -0.39 is 17.5 Å². The van der Waals surface area contributed by atoms with Crippen LogP contribution in [0.3, 0.4) is 0 Å². The summed E-state index contributed by atoms with van der Waals surface area (Å²) in [5.41, 5.74) is -0.665. The van der Waals surface area contributed by atoms with Gasteiger partial charge in [-0.3, -0.25) is 9.59 Å². The maximum Gasteiger partial charge on any atom is 0.307 e. The monoisotopic (exact) mass is 302 g/mol. The number of hydrogen-bond donors (Lipinski definition) is 2. The molecule has 0 saturated heterocycles. The molecule has 0 bridgehead atoms. The fraction of sp³-hybridized carbons (Fsp3) is 0.538. The Hall–Kier alpha value is -1.01. The molecule has 1 heterocycles. The second-order valence-corrected chi connectivity index (χ2v) is 6.08. The molecular formula is C13H18O4S2. The minimum absolute atomic E-state index is 0.101. The van der Waals surface area contributed by atoms with Gasteiger partial charge in [0.25, 0.3) is 0 Å². The molecule has 1 N–H and O–H groups in total. The van der Waals surface area contributed by atoms with Gasteiger partial charge in [0.15, 0.2) is 0 Å². The molecule has 0 unspecified atom stereocenters. The lowest BCUT2D eigenvalue weighted by Crippen LogP contribution is -2.30. The molecule has 0 amide bonds. The Morgan fingerprint density at radius 3 is 2.37 bits per heavy atom. The molecule has 0 aliphatic carbocycles. The molecule has 0 spiro atoms. The molecule has 19 heavy (non-hydrogen) atoms. The highest BCUT2D eigenvalue weighted by atomic mass is 32.2. The maximum absolute atomic E-state index is 11.8. The van der Waals surface area contributed by atoms with Crippen molar-refractivity contribution < 1.29 is 19.4 Å². The molecular weight excluding hydrogens is 284 g/mol. The average Bonchev–Trinajstić information content (AvgIpc) is 2.81. The van der Waals surface area contributed by atoms with Crippen molar-refractivity contribution in [2.75, 3.05) is 0 Å². The van der Waals surface area contributed by atoms with E-state index in [2.05, 4.69) is 12.6 Å². The second kappa shape index (κ2) is 6.96. The first-order chi connectivity index (χ1) is 8.93. The van der Waals surface area contributed by atoms with Crippen molar-refractivity contribution in [3.8, 4) is 0 Å². The fourth-order valence-corrected chi connectivity index (χ4v) is 3.23. The van der Waals surface area contributed by atoms with E-state index in [0.29, 0.717) is 12.8 Å². The van der Waals surface area contributed by atoms with Gasteiger partial charge in [-0.15, -0.1) is 24.0 Å². The summed E-state index contributed by atoms with van der Waals surface area (Å²) in [4.78, 5) is 23.2. The summed E-state index contributed by atoms with van der Waals surface area (Å²) < 4.78 is 6.42. The number of hydrogen-bond acceptors (Lipinski definition) is 5. The fourth-order valence-electron chi connectivity index (χ4n) is 1.84. The van der Waals surface area contributed by atoms with Gasteiger partial charge < -0.3 is 9.84 Å². The molecule has 6 heteroatoms. The third-order valence-electron chi connectivity index (χ3n) is 3.04. The van der Waals surface area contributed by atoms with Crippen LogP contribution in [0, 0.1) is 0 Å². The Bertz CT molecular complexity index is 449. The van der Waals surface area contributed by atoms with Crippen LogP contribution < -0.4 is 0 Å². The number of carbonyl (C=O) groups is 2. The summed E-state index contributed by atoms with van der Waals surface area (Å²) in [5, 5.41) is 8.58. The Morgan fingerprint density at radius 1 is 1.32 bits per heavy atom. The summed E-state index contributed by atoms with van der Waals surface area (Å²) in [6.07, 6.45) is 0.993. The van der Waals surface area contributed by atoms with Crippen LogP contribution in [0.2, 0.25) is 0 Å². The second-order valence-electron chi connectivity index (χ2n) is 4.21. The summed E-state index contributed by atoms with van der Waals surface area (Å²) in [6, 6.07) is 3.78. The van der Waals surface area contributed by atoms with Crippen LogP contribution in [-0.2, 0) is 19.9 Å². The first-order valence-electron chi connectivity index (χ1n) is 6.16. The van der Waals surface area contributed by atoms with Gasteiger partial charge in [-0.1, -0.05) is 13.8 Å². The highest BCUT2D eigenvalue weighted by Crippen LogP contribution is 2.38.